The Bertz CT molecular complexity index is 693. The number of rotatable bonds is 5. The second-order valence-corrected chi connectivity index (χ2v) is 10.1. The van der Waals surface area contributed by atoms with Gasteiger partial charge in [0.25, 0.3) is 5.24 Å². The lowest BCUT2D eigenvalue weighted by Crippen LogP contribution is -2.60. The van der Waals surface area contributed by atoms with Crippen LogP contribution in [0.4, 0.5) is 4.79 Å². The van der Waals surface area contributed by atoms with Gasteiger partial charge in [0, 0.05) is 24.7 Å². The minimum absolute atomic E-state index is 0.0535. The van der Waals surface area contributed by atoms with Gasteiger partial charge in [0.05, 0.1) is 18.8 Å². The molecule has 174 valence electrons. The van der Waals surface area contributed by atoms with Crippen LogP contribution in [-0.4, -0.2) is 47.6 Å². The van der Waals surface area contributed by atoms with Crippen LogP contribution in [0.1, 0.15) is 72.1 Å². The van der Waals surface area contributed by atoms with Crippen molar-refractivity contribution in [2.75, 3.05) is 12.4 Å². The third-order valence-corrected chi connectivity index (χ3v) is 7.09. The zero-order chi connectivity index (χ0) is 22.3. The van der Waals surface area contributed by atoms with Crippen LogP contribution in [-0.2, 0) is 19.0 Å². The minimum Gasteiger partial charge on any atom is -0.459 e. The van der Waals surface area contributed by atoms with Crippen molar-refractivity contribution in [3.8, 4) is 0 Å². The van der Waals surface area contributed by atoms with Gasteiger partial charge in [0.1, 0.15) is 6.10 Å². The molecule has 6 nitrogen and oxygen atoms in total. The maximum atomic E-state index is 12.6. The van der Waals surface area contributed by atoms with E-state index in [0.717, 1.165) is 44.1 Å². The molecule has 2 saturated heterocycles. The van der Waals surface area contributed by atoms with Gasteiger partial charge < -0.3 is 19.5 Å². The molecule has 0 aliphatic carbocycles. The molecule has 3 heterocycles. The Balaban J connectivity index is 1.85. The molecule has 3 rings (SSSR count). The SMILES string of the molecule is CCCCO[C@]1([C@@H]2CSC(=O)N2)C[C@H]2C[C@@H](CC[C@H](C)/C=C\CC/C(C)=C\C(=O)O2)O1. The first kappa shape index (κ1) is 24.3. The monoisotopic (exact) mass is 451 g/mol. The summed E-state index contributed by atoms with van der Waals surface area (Å²) in [6.07, 6.45) is 12.3. The number of amides is 1. The van der Waals surface area contributed by atoms with E-state index in [1.165, 1.54) is 11.8 Å². The fourth-order valence-electron chi connectivity index (χ4n) is 4.42. The number of nitrogens with one attached hydrogen (secondary N) is 1. The normalized spacial score (nSPS) is 37.8. The number of thioether (sulfide) groups is 1. The number of carbonyl (C=O) groups is 2. The molecule has 3 aliphatic rings. The van der Waals surface area contributed by atoms with Crippen molar-refractivity contribution in [2.24, 2.45) is 5.92 Å². The fourth-order valence-corrected chi connectivity index (χ4v) is 5.30. The van der Waals surface area contributed by atoms with E-state index in [9.17, 15) is 9.59 Å². The molecule has 1 amide bonds. The Morgan fingerprint density at radius 2 is 2.13 bits per heavy atom. The van der Waals surface area contributed by atoms with Crippen LogP contribution in [0.2, 0.25) is 0 Å². The van der Waals surface area contributed by atoms with Crippen molar-refractivity contribution in [1.29, 1.82) is 0 Å². The molecule has 0 saturated carbocycles. The highest BCUT2D eigenvalue weighted by atomic mass is 32.2. The van der Waals surface area contributed by atoms with E-state index in [2.05, 4.69) is 31.3 Å². The summed E-state index contributed by atoms with van der Waals surface area (Å²) in [5, 5.41) is 2.97. The van der Waals surface area contributed by atoms with Crippen LogP contribution in [0.15, 0.2) is 23.8 Å². The van der Waals surface area contributed by atoms with Crippen molar-refractivity contribution in [2.45, 2.75) is 96.2 Å². The third kappa shape index (κ3) is 7.09. The molecule has 0 aromatic rings. The number of hydrogen-bond acceptors (Lipinski definition) is 6. The smallest absolute Gasteiger partial charge is 0.330 e. The maximum Gasteiger partial charge on any atom is 0.330 e. The van der Waals surface area contributed by atoms with Gasteiger partial charge >= 0.3 is 5.97 Å². The first-order chi connectivity index (χ1) is 14.9. The molecular weight excluding hydrogens is 414 g/mol. The number of allylic oxidation sites excluding steroid dienone is 3. The van der Waals surface area contributed by atoms with Gasteiger partial charge in [0.15, 0.2) is 5.79 Å². The minimum atomic E-state index is -0.961. The second kappa shape index (κ2) is 11.5. The quantitative estimate of drug-likeness (QED) is 0.355. The molecule has 3 aliphatic heterocycles. The third-order valence-electron chi connectivity index (χ3n) is 6.21. The maximum absolute atomic E-state index is 12.6. The van der Waals surface area contributed by atoms with Crippen LogP contribution < -0.4 is 5.32 Å². The van der Waals surface area contributed by atoms with E-state index in [-0.39, 0.29) is 29.5 Å². The Labute approximate surface area is 190 Å². The highest BCUT2D eigenvalue weighted by Crippen LogP contribution is 2.39. The number of fused-ring (bicyclic) bond motifs is 2. The molecule has 0 aromatic carbocycles. The summed E-state index contributed by atoms with van der Waals surface area (Å²) < 4.78 is 18.9. The van der Waals surface area contributed by atoms with Crippen molar-refractivity contribution >= 4 is 23.0 Å². The Hall–Kier alpha value is -1.31. The average Bonchev–Trinajstić information content (AvgIpc) is 3.16. The first-order valence-electron chi connectivity index (χ1n) is 11.7. The summed E-state index contributed by atoms with van der Waals surface area (Å²) in [4.78, 5) is 24.6. The molecule has 0 unspecified atom stereocenters. The van der Waals surface area contributed by atoms with Gasteiger partial charge in [-0.3, -0.25) is 4.79 Å². The highest BCUT2D eigenvalue weighted by Gasteiger charge is 2.51. The van der Waals surface area contributed by atoms with Crippen LogP contribution in [0.3, 0.4) is 0 Å². The molecule has 1 N–H and O–H groups in total. The second-order valence-electron chi connectivity index (χ2n) is 9.06. The van der Waals surface area contributed by atoms with Gasteiger partial charge in [-0.15, -0.1) is 0 Å². The van der Waals surface area contributed by atoms with Crippen LogP contribution >= 0.6 is 11.8 Å². The van der Waals surface area contributed by atoms with Crippen molar-refractivity contribution < 1.29 is 23.8 Å². The highest BCUT2D eigenvalue weighted by molar-refractivity contribution is 8.14. The first-order valence-corrected chi connectivity index (χ1v) is 12.7. The molecule has 31 heavy (non-hydrogen) atoms. The number of unbranched alkanes of at least 4 members (excludes halogenated alkanes) is 1. The van der Waals surface area contributed by atoms with Gasteiger partial charge in [-0.1, -0.05) is 49.8 Å². The van der Waals surface area contributed by atoms with E-state index in [1.54, 1.807) is 6.08 Å². The molecule has 0 radical (unpaired) electrons. The summed E-state index contributed by atoms with van der Waals surface area (Å²) >= 11 is 1.26. The number of ether oxygens (including phenoxy) is 3. The largest absolute Gasteiger partial charge is 0.459 e. The van der Waals surface area contributed by atoms with Crippen molar-refractivity contribution in [3.05, 3.63) is 23.8 Å². The lowest BCUT2D eigenvalue weighted by molar-refractivity contribution is -0.306. The van der Waals surface area contributed by atoms with E-state index < -0.39 is 5.79 Å². The Kier molecular flexibility index (Phi) is 9.05. The zero-order valence-corrected chi connectivity index (χ0v) is 19.9. The standard InChI is InChI=1S/C24H37NO5S/c1-4-5-12-28-24(21-16-31-23(27)25-21)15-20-14-19(30-24)11-10-17(2)8-6-7-9-18(3)13-22(26)29-20/h6,8,13,17,19-21H,4-5,7,9-12,14-16H2,1-3H3,(H,25,27)/b8-6-,18-13-/t17-,19-,20-,21+,24-/m1/s1. The molecule has 7 heteroatoms. The predicted octanol–water partition coefficient (Wildman–Crippen LogP) is 5.13. The van der Waals surface area contributed by atoms with Crippen LogP contribution in [0, 0.1) is 5.92 Å². The molecule has 0 aromatic heterocycles. The van der Waals surface area contributed by atoms with Crippen molar-refractivity contribution in [3.63, 3.8) is 0 Å². The molecular formula is C24H37NO5S. The molecule has 2 fully saturated rings. The molecule has 2 bridgehead atoms. The summed E-state index contributed by atoms with van der Waals surface area (Å²) in [7, 11) is 0. The topological polar surface area (TPSA) is 73.9 Å². The van der Waals surface area contributed by atoms with E-state index in [1.807, 2.05) is 6.92 Å². The summed E-state index contributed by atoms with van der Waals surface area (Å²) in [6, 6.07) is -0.251. The lowest BCUT2D eigenvalue weighted by Gasteiger charge is -2.46. The Morgan fingerprint density at radius 3 is 2.87 bits per heavy atom. The molecule has 0 spiro atoms. The summed E-state index contributed by atoms with van der Waals surface area (Å²) in [6.45, 7) is 6.87. The zero-order valence-electron chi connectivity index (χ0n) is 19.1. The van der Waals surface area contributed by atoms with E-state index in [4.69, 9.17) is 14.2 Å². The van der Waals surface area contributed by atoms with E-state index >= 15 is 0 Å². The average molecular weight is 452 g/mol. The van der Waals surface area contributed by atoms with Gasteiger partial charge in [-0.2, -0.15) is 0 Å². The number of esters is 1. The van der Waals surface area contributed by atoms with E-state index in [0.29, 0.717) is 31.1 Å². The van der Waals surface area contributed by atoms with Gasteiger partial charge in [-0.25, -0.2) is 4.79 Å². The number of hydrogen-bond donors (Lipinski definition) is 1. The lowest BCUT2D eigenvalue weighted by atomic mass is 9.90. The van der Waals surface area contributed by atoms with Crippen LogP contribution in [0.25, 0.3) is 0 Å². The van der Waals surface area contributed by atoms with Gasteiger partial charge in [0.2, 0.25) is 0 Å². The van der Waals surface area contributed by atoms with Crippen LogP contribution in [0.5, 0.6) is 0 Å². The molecule has 5 atom stereocenters. The van der Waals surface area contributed by atoms with Gasteiger partial charge in [-0.05, 0) is 44.9 Å². The summed E-state index contributed by atoms with van der Waals surface area (Å²) in [5.41, 5.74) is 1.02. The fraction of sp³-hybridized carbons (Fsp3) is 0.750. The number of carbonyl (C=O) groups excluding carboxylic acids is 2. The predicted molar refractivity (Wildman–Crippen MR) is 123 cm³/mol. The van der Waals surface area contributed by atoms with Crippen molar-refractivity contribution in [1.82, 2.24) is 5.32 Å². The Morgan fingerprint density at radius 1 is 1.29 bits per heavy atom. The summed E-state index contributed by atoms with van der Waals surface area (Å²) in [5.74, 6) is -0.214.